The Labute approximate surface area is 101 Å². The van der Waals surface area contributed by atoms with Gasteiger partial charge < -0.3 is 4.74 Å². The van der Waals surface area contributed by atoms with Crippen LogP contribution in [-0.4, -0.2) is 12.6 Å². The molecule has 0 aliphatic carbocycles. The van der Waals surface area contributed by atoms with Gasteiger partial charge in [-0.25, -0.2) is 9.18 Å². The number of hydrogen-bond acceptors (Lipinski definition) is 2. The summed E-state index contributed by atoms with van der Waals surface area (Å²) in [5.74, 6) is -0.806. The Bertz CT molecular complexity index is 368. The number of halogens is 2. The Balaban J connectivity index is 2.84. The maximum absolute atomic E-state index is 13.3. The first-order valence-electron chi connectivity index (χ1n) is 4.44. The van der Waals surface area contributed by atoms with E-state index in [2.05, 4.69) is 0 Å². The standard InChI is InChI=1S/C11H10FIO2/c1-2-15-11(14)7-6-8-9(12)4-3-5-10(8)13/h3-7H,2H2,1H3. The van der Waals surface area contributed by atoms with Crippen molar-refractivity contribution in [1.82, 2.24) is 0 Å². The lowest BCUT2D eigenvalue weighted by molar-refractivity contribution is -0.137. The Morgan fingerprint density at radius 1 is 1.60 bits per heavy atom. The molecule has 0 saturated heterocycles. The van der Waals surface area contributed by atoms with Crippen LogP contribution in [0, 0.1) is 9.39 Å². The van der Waals surface area contributed by atoms with Crippen LogP contribution >= 0.6 is 22.6 Å². The Hall–Kier alpha value is -0.910. The number of rotatable bonds is 3. The van der Waals surface area contributed by atoms with E-state index in [4.69, 9.17) is 4.74 Å². The van der Waals surface area contributed by atoms with E-state index in [0.29, 0.717) is 12.2 Å². The molecule has 0 N–H and O–H groups in total. The van der Waals surface area contributed by atoms with Crippen molar-refractivity contribution in [2.24, 2.45) is 0 Å². The van der Waals surface area contributed by atoms with Crippen LogP contribution in [0.3, 0.4) is 0 Å². The summed E-state index contributed by atoms with van der Waals surface area (Å²) in [7, 11) is 0. The molecule has 1 aromatic rings. The Morgan fingerprint density at radius 2 is 2.33 bits per heavy atom. The van der Waals surface area contributed by atoms with Gasteiger partial charge in [-0.2, -0.15) is 0 Å². The summed E-state index contributed by atoms with van der Waals surface area (Å²) in [6.07, 6.45) is 2.65. The first kappa shape index (κ1) is 12.2. The number of carbonyl (C=O) groups excluding carboxylic acids is 1. The van der Waals surface area contributed by atoms with Gasteiger partial charge in [-0.3, -0.25) is 0 Å². The summed E-state index contributed by atoms with van der Waals surface area (Å²) in [5, 5.41) is 0. The Kier molecular flexibility index (Phi) is 4.74. The number of benzene rings is 1. The van der Waals surface area contributed by atoms with Crippen LogP contribution in [0.2, 0.25) is 0 Å². The second-order valence-electron chi connectivity index (χ2n) is 2.72. The molecule has 0 aliphatic rings. The van der Waals surface area contributed by atoms with E-state index in [-0.39, 0.29) is 5.82 Å². The van der Waals surface area contributed by atoms with Gasteiger partial charge in [0, 0.05) is 15.2 Å². The van der Waals surface area contributed by atoms with Crippen molar-refractivity contribution in [3.8, 4) is 0 Å². The predicted molar refractivity (Wildman–Crippen MR) is 64.8 cm³/mol. The van der Waals surface area contributed by atoms with Gasteiger partial charge in [0.1, 0.15) is 5.82 Å². The zero-order chi connectivity index (χ0) is 11.3. The van der Waals surface area contributed by atoms with Crippen LogP contribution in [0.1, 0.15) is 12.5 Å². The quantitative estimate of drug-likeness (QED) is 0.486. The fourth-order valence-corrected chi connectivity index (χ4v) is 1.66. The number of esters is 1. The van der Waals surface area contributed by atoms with E-state index in [1.165, 1.54) is 18.2 Å². The molecule has 0 fully saturated rings. The minimum atomic E-state index is -0.462. The molecule has 1 aromatic carbocycles. The highest BCUT2D eigenvalue weighted by Gasteiger charge is 2.03. The van der Waals surface area contributed by atoms with Crippen LogP contribution in [0.4, 0.5) is 4.39 Å². The van der Waals surface area contributed by atoms with Crippen molar-refractivity contribution < 1.29 is 13.9 Å². The predicted octanol–water partition coefficient (Wildman–Crippen LogP) is 3.01. The van der Waals surface area contributed by atoms with E-state index in [1.807, 2.05) is 22.6 Å². The minimum Gasteiger partial charge on any atom is -0.463 e. The molecule has 0 aliphatic heterocycles. The molecule has 0 amide bonds. The first-order valence-corrected chi connectivity index (χ1v) is 5.52. The zero-order valence-corrected chi connectivity index (χ0v) is 10.3. The molecule has 4 heteroatoms. The Morgan fingerprint density at radius 3 is 2.93 bits per heavy atom. The molecule has 0 bridgehead atoms. The monoisotopic (exact) mass is 320 g/mol. The largest absolute Gasteiger partial charge is 0.463 e. The molecule has 0 radical (unpaired) electrons. The number of ether oxygens (including phenoxy) is 1. The lowest BCUT2D eigenvalue weighted by atomic mass is 10.2. The van der Waals surface area contributed by atoms with E-state index in [1.54, 1.807) is 19.1 Å². The van der Waals surface area contributed by atoms with Crippen molar-refractivity contribution in [1.29, 1.82) is 0 Å². The van der Waals surface area contributed by atoms with Crippen LogP contribution in [0.5, 0.6) is 0 Å². The van der Waals surface area contributed by atoms with Crippen molar-refractivity contribution in [3.63, 3.8) is 0 Å². The summed E-state index contributed by atoms with van der Waals surface area (Å²) in [6, 6.07) is 4.75. The summed E-state index contributed by atoms with van der Waals surface area (Å²) in [6.45, 7) is 2.04. The van der Waals surface area contributed by atoms with E-state index < -0.39 is 5.97 Å². The molecule has 0 aromatic heterocycles. The third-order valence-electron chi connectivity index (χ3n) is 1.67. The molecule has 0 saturated carbocycles. The molecular weight excluding hydrogens is 310 g/mol. The highest BCUT2D eigenvalue weighted by atomic mass is 127. The topological polar surface area (TPSA) is 26.3 Å². The van der Waals surface area contributed by atoms with Gasteiger partial charge in [-0.1, -0.05) is 6.07 Å². The average molecular weight is 320 g/mol. The molecule has 80 valence electrons. The molecule has 0 unspecified atom stereocenters. The van der Waals surface area contributed by atoms with Crippen LogP contribution < -0.4 is 0 Å². The maximum Gasteiger partial charge on any atom is 0.330 e. The van der Waals surface area contributed by atoms with Crippen LogP contribution in [0.15, 0.2) is 24.3 Å². The van der Waals surface area contributed by atoms with E-state index in [0.717, 1.165) is 3.57 Å². The summed E-state index contributed by atoms with van der Waals surface area (Å²) in [5.41, 5.74) is 0.408. The molecule has 0 spiro atoms. The number of hydrogen-bond donors (Lipinski definition) is 0. The second kappa shape index (κ2) is 5.85. The molecule has 0 atom stereocenters. The first-order chi connectivity index (χ1) is 7.15. The van der Waals surface area contributed by atoms with E-state index in [9.17, 15) is 9.18 Å². The van der Waals surface area contributed by atoms with Crippen molar-refractivity contribution in [3.05, 3.63) is 39.2 Å². The highest BCUT2D eigenvalue weighted by molar-refractivity contribution is 14.1. The van der Waals surface area contributed by atoms with Gasteiger partial charge in [-0.15, -0.1) is 0 Å². The zero-order valence-electron chi connectivity index (χ0n) is 8.17. The molecule has 0 heterocycles. The van der Waals surface area contributed by atoms with Gasteiger partial charge >= 0.3 is 5.97 Å². The fourth-order valence-electron chi connectivity index (χ4n) is 1.01. The lowest BCUT2D eigenvalue weighted by Crippen LogP contribution is -1.99. The molecule has 2 nitrogen and oxygen atoms in total. The second-order valence-corrected chi connectivity index (χ2v) is 3.88. The summed E-state index contributed by atoms with van der Waals surface area (Å²) >= 11 is 2.01. The smallest absolute Gasteiger partial charge is 0.330 e. The molecule has 1 rings (SSSR count). The van der Waals surface area contributed by atoms with Crippen LogP contribution in [0.25, 0.3) is 6.08 Å². The maximum atomic E-state index is 13.3. The third kappa shape index (κ3) is 3.62. The van der Waals surface area contributed by atoms with Crippen molar-refractivity contribution in [2.45, 2.75) is 6.92 Å². The molecule has 15 heavy (non-hydrogen) atoms. The van der Waals surface area contributed by atoms with Gasteiger partial charge in [-0.05, 0) is 47.7 Å². The fraction of sp³-hybridized carbons (Fsp3) is 0.182. The normalized spacial score (nSPS) is 10.6. The van der Waals surface area contributed by atoms with Gasteiger partial charge in [0.2, 0.25) is 0 Å². The van der Waals surface area contributed by atoms with Crippen molar-refractivity contribution >= 4 is 34.6 Å². The van der Waals surface area contributed by atoms with Crippen molar-refractivity contribution in [2.75, 3.05) is 6.61 Å². The average Bonchev–Trinajstić information content (AvgIpc) is 2.17. The summed E-state index contributed by atoms with van der Waals surface area (Å²) < 4.78 is 18.7. The highest BCUT2D eigenvalue weighted by Crippen LogP contribution is 2.17. The van der Waals surface area contributed by atoms with Crippen LogP contribution in [-0.2, 0) is 9.53 Å². The SMILES string of the molecule is CCOC(=O)C=Cc1c(F)cccc1I. The minimum absolute atomic E-state index is 0.317. The van der Waals surface area contributed by atoms with Gasteiger partial charge in [0.15, 0.2) is 0 Å². The van der Waals surface area contributed by atoms with E-state index >= 15 is 0 Å². The third-order valence-corrected chi connectivity index (χ3v) is 2.61. The van der Waals surface area contributed by atoms with Gasteiger partial charge in [0.25, 0.3) is 0 Å². The lowest BCUT2D eigenvalue weighted by Gasteiger charge is -1.99. The van der Waals surface area contributed by atoms with Gasteiger partial charge in [0.05, 0.1) is 6.61 Å². The molecular formula is C11H10FIO2. The summed E-state index contributed by atoms with van der Waals surface area (Å²) in [4.78, 5) is 11.0. The number of carbonyl (C=O) groups is 1.